The van der Waals surface area contributed by atoms with Crippen molar-refractivity contribution >= 4 is 23.3 Å². The molecule has 1 aliphatic carbocycles. The quantitative estimate of drug-likeness (QED) is 0.691. The molecule has 7 nitrogen and oxygen atoms in total. The summed E-state index contributed by atoms with van der Waals surface area (Å²) in [7, 11) is 0. The van der Waals surface area contributed by atoms with Crippen molar-refractivity contribution in [3.8, 4) is 0 Å². The van der Waals surface area contributed by atoms with Crippen molar-refractivity contribution in [2.45, 2.75) is 43.7 Å². The molecular formula is C25H27N5O2. The normalized spacial score (nSPS) is 24.1. The van der Waals surface area contributed by atoms with Gasteiger partial charge >= 0.3 is 0 Å². The molecule has 164 valence electrons. The van der Waals surface area contributed by atoms with Crippen molar-refractivity contribution < 1.29 is 9.59 Å². The Labute approximate surface area is 187 Å². The van der Waals surface area contributed by atoms with E-state index in [4.69, 9.17) is 4.98 Å². The Morgan fingerprint density at radius 1 is 1.03 bits per heavy atom. The van der Waals surface area contributed by atoms with Gasteiger partial charge in [-0.2, -0.15) is 0 Å². The van der Waals surface area contributed by atoms with Crippen molar-refractivity contribution in [2.75, 3.05) is 29.9 Å². The van der Waals surface area contributed by atoms with Crippen molar-refractivity contribution in [2.24, 2.45) is 0 Å². The first-order valence-corrected chi connectivity index (χ1v) is 11.6. The molecule has 1 saturated carbocycles. The number of piperidine rings is 1. The molecular weight excluding hydrogens is 402 g/mol. The molecule has 3 fully saturated rings. The number of nitrogens with zero attached hydrogens (tertiary/aromatic N) is 3. The summed E-state index contributed by atoms with van der Waals surface area (Å²) in [5.41, 5.74) is 2.35. The summed E-state index contributed by atoms with van der Waals surface area (Å²) in [4.78, 5) is 34.5. The predicted octanol–water partition coefficient (Wildman–Crippen LogP) is 3.01. The third-order valence-corrected chi connectivity index (χ3v) is 6.86. The lowest BCUT2D eigenvalue weighted by Crippen LogP contribution is -2.30. The van der Waals surface area contributed by atoms with Gasteiger partial charge in [-0.05, 0) is 74.6 Å². The molecule has 4 heterocycles. The van der Waals surface area contributed by atoms with Gasteiger partial charge in [0, 0.05) is 30.4 Å². The predicted molar refractivity (Wildman–Crippen MR) is 122 cm³/mol. The molecule has 4 aliphatic rings. The Balaban J connectivity index is 1.17. The lowest BCUT2D eigenvalue weighted by atomic mass is 10.0. The molecule has 2 N–H and O–H groups in total. The zero-order valence-electron chi connectivity index (χ0n) is 18.0. The van der Waals surface area contributed by atoms with Crippen LogP contribution in [0.2, 0.25) is 0 Å². The third kappa shape index (κ3) is 3.42. The standard InChI is InChI=1S/C25H27N5O2/c31-23(17-7-11-19(12-8-17)29-13-2-1-3-14-29)27-20-15-25(16-30(25)24(20)32)21-5-4-6-22(28-21)26-18-9-10-18/h4-8,11-12,15,18H,1-3,9-10,13-14,16H2,(H,26,28)(H,27,31). The lowest BCUT2D eigenvalue weighted by Gasteiger charge is -2.28. The van der Waals surface area contributed by atoms with E-state index in [1.54, 1.807) is 4.90 Å². The van der Waals surface area contributed by atoms with Gasteiger partial charge in [-0.1, -0.05) is 6.07 Å². The first kappa shape index (κ1) is 19.3. The average Bonchev–Trinajstić information content (AvgIpc) is 3.75. The van der Waals surface area contributed by atoms with Gasteiger partial charge in [-0.3, -0.25) is 9.59 Å². The minimum absolute atomic E-state index is 0.148. The zero-order valence-corrected chi connectivity index (χ0v) is 18.0. The number of carbonyl (C=O) groups excluding carboxylic acids is 2. The Morgan fingerprint density at radius 2 is 1.81 bits per heavy atom. The fraction of sp³-hybridized carbons (Fsp3) is 0.400. The van der Waals surface area contributed by atoms with E-state index in [9.17, 15) is 9.59 Å². The lowest BCUT2D eigenvalue weighted by molar-refractivity contribution is -0.122. The van der Waals surface area contributed by atoms with E-state index in [0.717, 1.165) is 30.3 Å². The minimum Gasteiger partial charge on any atom is -0.372 e. The number of carbonyl (C=O) groups is 2. The van der Waals surface area contributed by atoms with Crippen molar-refractivity contribution in [3.63, 3.8) is 0 Å². The monoisotopic (exact) mass is 429 g/mol. The fourth-order valence-corrected chi connectivity index (χ4v) is 4.77. The van der Waals surface area contributed by atoms with Crippen molar-refractivity contribution in [3.05, 3.63) is 65.5 Å². The largest absolute Gasteiger partial charge is 0.372 e. The van der Waals surface area contributed by atoms with E-state index < -0.39 is 5.54 Å². The van der Waals surface area contributed by atoms with Gasteiger partial charge in [0.25, 0.3) is 11.8 Å². The van der Waals surface area contributed by atoms with Crippen LogP contribution in [-0.2, 0) is 10.3 Å². The number of benzene rings is 1. The van der Waals surface area contributed by atoms with Gasteiger partial charge in [0.15, 0.2) is 0 Å². The second-order valence-corrected chi connectivity index (χ2v) is 9.25. The van der Waals surface area contributed by atoms with Crippen LogP contribution in [0.5, 0.6) is 0 Å². The van der Waals surface area contributed by atoms with Gasteiger partial charge in [0.2, 0.25) is 0 Å². The number of nitrogens with one attached hydrogen (secondary N) is 2. The Hall–Kier alpha value is -3.35. The maximum absolute atomic E-state index is 12.8. The summed E-state index contributed by atoms with van der Waals surface area (Å²) in [5.74, 6) is 0.438. The molecule has 6 rings (SSSR count). The van der Waals surface area contributed by atoms with Crippen molar-refractivity contribution in [1.82, 2.24) is 15.2 Å². The molecule has 1 aromatic carbocycles. The van der Waals surface area contributed by atoms with E-state index in [0.29, 0.717) is 23.8 Å². The molecule has 3 aliphatic heterocycles. The average molecular weight is 430 g/mol. The van der Waals surface area contributed by atoms with Gasteiger partial charge in [-0.15, -0.1) is 0 Å². The Bertz CT molecular complexity index is 1100. The van der Waals surface area contributed by atoms with Crippen LogP contribution in [0.4, 0.5) is 11.5 Å². The molecule has 0 bridgehead atoms. The highest BCUT2D eigenvalue weighted by molar-refractivity contribution is 6.06. The van der Waals surface area contributed by atoms with Crippen LogP contribution in [0.25, 0.3) is 0 Å². The molecule has 1 aromatic heterocycles. The van der Waals surface area contributed by atoms with Gasteiger partial charge in [0.1, 0.15) is 17.1 Å². The molecule has 2 aromatic rings. The van der Waals surface area contributed by atoms with Crippen LogP contribution in [0.1, 0.15) is 48.2 Å². The number of rotatable bonds is 6. The molecule has 0 spiro atoms. The number of pyridine rings is 1. The Morgan fingerprint density at radius 3 is 2.56 bits per heavy atom. The summed E-state index contributed by atoms with van der Waals surface area (Å²) in [6.45, 7) is 2.74. The van der Waals surface area contributed by atoms with Crippen LogP contribution >= 0.6 is 0 Å². The second kappa shape index (κ2) is 7.36. The van der Waals surface area contributed by atoms with Crippen LogP contribution < -0.4 is 15.5 Å². The summed E-state index contributed by atoms with van der Waals surface area (Å²) >= 11 is 0. The van der Waals surface area contributed by atoms with Gasteiger partial charge in [0.05, 0.1) is 12.2 Å². The zero-order chi connectivity index (χ0) is 21.7. The van der Waals surface area contributed by atoms with Crippen LogP contribution in [0, 0.1) is 0 Å². The van der Waals surface area contributed by atoms with E-state index in [1.807, 2.05) is 48.5 Å². The van der Waals surface area contributed by atoms with Crippen LogP contribution in [0.3, 0.4) is 0 Å². The summed E-state index contributed by atoms with van der Waals surface area (Å²) in [6, 6.07) is 14.1. The summed E-state index contributed by atoms with van der Waals surface area (Å²) in [6.07, 6.45) is 7.93. The van der Waals surface area contributed by atoms with Crippen LogP contribution in [0.15, 0.2) is 54.2 Å². The first-order valence-electron chi connectivity index (χ1n) is 11.6. The molecule has 1 atom stereocenters. The highest BCUT2D eigenvalue weighted by Gasteiger charge is 2.61. The van der Waals surface area contributed by atoms with Gasteiger partial charge in [-0.25, -0.2) is 4.98 Å². The van der Waals surface area contributed by atoms with E-state index in [1.165, 1.54) is 32.1 Å². The first-order chi connectivity index (χ1) is 15.6. The van der Waals surface area contributed by atoms with Crippen molar-refractivity contribution in [1.29, 1.82) is 0 Å². The topological polar surface area (TPSA) is 77.3 Å². The van der Waals surface area contributed by atoms with E-state index >= 15 is 0 Å². The van der Waals surface area contributed by atoms with Crippen LogP contribution in [-0.4, -0.2) is 47.4 Å². The van der Waals surface area contributed by atoms with E-state index in [-0.39, 0.29) is 11.8 Å². The molecule has 2 saturated heterocycles. The number of fused-ring (bicyclic) bond motifs is 1. The molecule has 2 amide bonds. The highest BCUT2D eigenvalue weighted by atomic mass is 16.2. The molecule has 0 radical (unpaired) electrons. The number of anilines is 2. The number of amides is 2. The number of aromatic nitrogens is 1. The third-order valence-electron chi connectivity index (χ3n) is 6.86. The van der Waals surface area contributed by atoms with E-state index in [2.05, 4.69) is 15.5 Å². The second-order valence-electron chi connectivity index (χ2n) is 9.25. The summed E-state index contributed by atoms with van der Waals surface area (Å²) in [5, 5.41) is 6.24. The Kier molecular flexibility index (Phi) is 4.45. The maximum atomic E-state index is 12.8. The molecule has 1 unspecified atom stereocenters. The minimum atomic E-state index is -0.529. The van der Waals surface area contributed by atoms with Gasteiger partial charge < -0.3 is 20.4 Å². The smallest absolute Gasteiger partial charge is 0.271 e. The summed E-state index contributed by atoms with van der Waals surface area (Å²) < 4.78 is 0. The maximum Gasteiger partial charge on any atom is 0.271 e. The highest BCUT2D eigenvalue weighted by Crippen LogP contribution is 2.49. The SMILES string of the molecule is O=C(NC1=CC2(c3cccc(NC4CC4)n3)CN2C1=O)c1ccc(N2CCCCC2)cc1. The fourth-order valence-electron chi connectivity index (χ4n) is 4.77. The molecule has 7 heteroatoms. The number of hydrogen-bond donors (Lipinski definition) is 2. The number of hydrogen-bond acceptors (Lipinski definition) is 5. The molecule has 32 heavy (non-hydrogen) atoms.